The van der Waals surface area contributed by atoms with Gasteiger partial charge in [-0.15, -0.1) is 0 Å². The van der Waals surface area contributed by atoms with Crippen molar-refractivity contribution in [3.8, 4) is 5.75 Å². The Labute approximate surface area is 161 Å². The Balaban J connectivity index is 1.91. The first-order valence-corrected chi connectivity index (χ1v) is 9.21. The number of carbonyl (C=O) groups excluding carboxylic acids is 2. The number of esters is 1. The first-order chi connectivity index (χ1) is 13.3. The van der Waals surface area contributed by atoms with Crippen LogP contribution in [0.3, 0.4) is 0 Å². The quantitative estimate of drug-likeness (QED) is 0.462. The third-order valence-electron chi connectivity index (χ3n) is 5.16. The fourth-order valence-electron chi connectivity index (χ4n) is 3.77. The average molecular weight is 388 g/mol. The van der Waals surface area contributed by atoms with E-state index in [9.17, 15) is 24.8 Å². The second-order valence-electron chi connectivity index (χ2n) is 7.35. The summed E-state index contributed by atoms with van der Waals surface area (Å²) < 4.78 is 5.68. The molecule has 3 rings (SSSR count). The highest BCUT2D eigenvalue weighted by molar-refractivity contribution is 5.95. The molecule has 1 aromatic carbocycles. The molecule has 0 saturated heterocycles. The molecule has 150 valence electrons. The Hall–Kier alpha value is -3.10. The van der Waals surface area contributed by atoms with Crippen LogP contribution in [-0.2, 0) is 9.53 Å². The number of allylic oxidation sites excluding steroid dienone is 1. The second-order valence-corrected chi connectivity index (χ2v) is 7.35. The van der Waals surface area contributed by atoms with E-state index in [1.165, 1.54) is 6.07 Å². The highest BCUT2D eigenvalue weighted by Crippen LogP contribution is 2.34. The van der Waals surface area contributed by atoms with E-state index < -0.39 is 34.4 Å². The number of nitro groups is 1. The van der Waals surface area contributed by atoms with Crippen molar-refractivity contribution in [3.63, 3.8) is 0 Å². The average Bonchev–Trinajstić information content (AvgIpc) is 2.61. The summed E-state index contributed by atoms with van der Waals surface area (Å²) in [4.78, 5) is 35.1. The number of hydrogen-bond acceptors (Lipinski definition) is 6. The lowest BCUT2D eigenvalue weighted by Gasteiger charge is -2.31. The van der Waals surface area contributed by atoms with Gasteiger partial charge in [0.1, 0.15) is 6.10 Å². The molecule has 1 saturated carbocycles. The van der Waals surface area contributed by atoms with Crippen LogP contribution < -0.4 is 15.7 Å². The van der Waals surface area contributed by atoms with E-state index in [1.54, 1.807) is 6.92 Å². The van der Waals surface area contributed by atoms with Crippen LogP contribution in [0.1, 0.15) is 51.1 Å². The molecule has 0 bridgehead atoms. The SMILES string of the molecule is CC1=C(C(=O)O[C@H]2CCC[C@H](C)C2)[C@@H](c2ccc([O-])c([N+](=O)[O-])c2)NC(=O)N1. The zero-order valence-corrected chi connectivity index (χ0v) is 15.7. The Bertz CT molecular complexity index is 850. The van der Waals surface area contributed by atoms with Crippen molar-refractivity contribution in [1.82, 2.24) is 10.6 Å². The Kier molecular flexibility index (Phi) is 5.53. The summed E-state index contributed by atoms with van der Waals surface area (Å²) in [6, 6.07) is 2.03. The van der Waals surface area contributed by atoms with Crippen molar-refractivity contribution in [2.24, 2.45) is 5.92 Å². The van der Waals surface area contributed by atoms with E-state index in [0.717, 1.165) is 37.8 Å². The minimum Gasteiger partial charge on any atom is -0.868 e. The predicted octanol–water partition coefficient (Wildman–Crippen LogP) is 2.42. The van der Waals surface area contributed by atoms with E-state index in [-0.39, 0.29) is 17.2 Å². The van der Waals surface area contributed by atoms with Crippen molar-refractivity contribution in [1.29, 1.82) is 0 Å². The van der Waals surface area contributed by atoms with E-state index in [1.807, 2.05) is 0 Å². The van der Waals surface area contributed by atoms with Crippen molar-refractivity contribution in [3.05, 3.63) is 45.1 Å². The number of ether oxygens (including phenoxy) is 1. The lowest BCUT2D eigenvalue weighted by Crippen LogP contribution is -2.45. The predicted molar refractivity (Wildman–Crippen MR) is 97.2 cm³/mol. The maximum atomic E-state index is 12.9. The zero-order valence-electron chi connectivity index (χ0n) is 15.7. The number of carbonyl (C=O) groups is 2. The molecule has 2 N–H and O–H groups in total. The van der Waals surface area contributed by atoms with Crippen LogP contribution in [0.4, 0.5) is 10.5 Å². The number of nitro benzene ring substituents is 1. The van der Waals surface area contributed by atoms with Crippen molar-refractivity contribution in [2.45, 2.75) is 51.7 Å². The van der Waals surface area contributed by atoms with Crippen LogP contribution in [0.25, 0.3) is 0 Å². The van der Waals surface area contributed by atoms with Crippen LogP contribution in [0.15, 0.2) is 29.5 Å². The summed E-state index contributed by atoms with van der Waals surface area (Å²) in [5.74, 6) is -0.855. The van der Waals surface area contributed by atoms with Crippen molar-refractivity contribution in [2.75, 3.05) is 0 Å². The minimum absolute atomic E-state index is 0.172. The fourth-order valence-corrected chi connectivity index (χ4v) is 3.77. The van der Waals surface area contributed by atoms with Crippen LogP contribution in [0.5, 0.6) is 5.75 Å². The monoisotopic (exact) mass is 388 g/mol. The van der Waals surface area contributed by atoms with E-state index in [2.05, 4.69) is 17.6 Å². The highest BCUT2D eigenvalue weighted by Gasteiger charge is 2.34. The standard InChI is InChI=1S/C19H23N3O6/c1-10-4-3-5-13(8-10)28-18(24)16-11(2)20-19(25)21-17(16)12-6-7-15(23)14(9-12)22(26)27/h6-7,9-10,13,17,23H,3-5,8H2,1-2H3,(H2,20,21,25)/p-1/t10-,13-,17+/m0/s1. The third kappa shape index (κ3) is 4.08. The molecule has 0 radical (unpaired) electrons. The fraction of sp³-hybridized carbons (Fsp3) is 0.474. The molecule has 1 aliphatic heterocycles. The number of rotatable bonds is 4. The molecule has 0 spiro atoms. The summed E-state index contributed by atoms with van der Waals surface area (Å²) in [7, 11) is 0. The first kappa shape index (κ1) is 19.7. The van der Waals surface area contributed by atoms with E-state index in [0.29, 0.717) is 11.6 Å². The number of benzene rings is 1. The van der Waals surface area contributed by atoms with Crippen LogP contribution in [-0.4, -0.2) is 23.0 Å². The molecule has 28 heavy (non-hydrogen) atoms. The van der Waals surface area contributed by atoms with Gasteiger partial charge < -0.3 is 20.5 Å². The molecule has 0 unspecified atom stereocenters. The number of nitrogens with one attached hydrogen (secondary N) is 2. The van der Waals surface area contributed by atoms with Crippen molar-refractivity contribution < 1.29 is 24.4 Å². The van der Waals surface area contributed by atoms with E-state index in [4.69, 9.17) is 4.74 Å². The third-order valence-corrected chi connectivity index (χ3v) is 5.16. The van der Waals surface area contributed by atoms with Gasteiger partial charge in [-0.25, -0.2) is 9.59 Å². The summed E-state index contributed by atoms with van der Waals surface area (Å²) in [6.45, 7) is 3.68. The molecule has 0 aromatic heterocycles. The van der Waals surface area contributed by atoms with Gasteiger partial charge in [0.25, 0.3) is 5.69 Å². The molecule has 2 amide bonds. The molecule has 1 fully saturated rings. The van der Waals surface area contributed by atoms with E-state index >= 15 is 0 Å². The number of urea groups is 1. The number of hydrogen-bond donors (Lipinski definition) is 2. The van der Waals surface area contributed by atoms with Crippen LogP contribution in [0, 0.1) is 16.0 Å². The molecule has 3 atom stereocenters. The lowest BCUT2D eigenvalue weighted by molar-refractivity contribution is -0.398. The van der Waals surface area contributed by atoms with Crippen molar-refractivity contribution >= 4 is 17.7 Å². The summed E-state index contributed by atoms with van der Waals surface area (Å²) in [5.41, 5.74) is 0.142. The van der Waals surface area contributed by atoms with Gasteiger partial charge in [-0.05, 0) is 43.4 Å². The topological polar surface area (TPSA) is 134 Å². The molecule has 9 nitrogen and oxygen atoms in total. The smallest absolute Gasteiger partial charge is 0.338 e. The molecule has 9 heteroatoms. The van der Waals surface area contributed by atoms with Gasteiger partial charge in [-0.3, -0.25) is 10.1 Å². The second kappa shape index (κ2) is 7.87. The molecular weight excluding hydrogens is 366 g/mol. The van der Waals surface area contributed by atoms with Gasteiger partial charge in [0.05, 0.1) is 16.5 Å². The molecular formula is C19H22N3O6-. The summed E-state index contributed by atoms with van der Waals surface area (Å²) in [5, 5.41) is 27.9. The number of nitrogens with zero attached hydrogens (tertiary/aromatic N) is 1. The van der Waals surface area contributed by atoms with Gasteiger partial charge in [0.15, 0.2) is 0 Å². The largest absolute Gasteiger partial charge is 0.868 e. The maximum absolute atomic E-state index is 12.9. The van der Waals surface area contributed by atoms with Gasteiger partial charge >= 0.3 is 12.0 Å². The molecule has 2 aliphatic rings. The Morgan fingerprint density at radius 2 is 2.07 bits per heavy atom. The normalized spacial score (nSPS) is 24.9. The Morgan fingerprint density at radius 3 is 2.75 bits per heavy atom. The molecule has 1 aromatic rings. The minimum atomic E-state index is -0.943. The molecule has 1 heterocycles. The summed E-state index contributed by atoms with van der Waals surface area (Å²) >= 11 is 0. The lowest BCUT2D eigenvalue weighted by atomic mass is 9.88. The Morgan fingerprint density at radius 1 is 1.32 bits per heavy atom. The van der Waals surface area contributed by atoms with Gasteiger partial charge in [-0.1, -0.05) is 25.5 Å². The van der Waals surface area contributed by atoms with Gasteiger partial charge in [0, 0.05) is 11.8 Å². The van der Waals surface area contributed by atoms with Gasteiger partial charge in [0.2, 0.25) is 0 Å². The highest BCUT2D eigenvalue weighted by atomic mass is 16.6. The first-order valence-electron chi connectivity index (χ1n) is 9.21. The maximum Gasteiger partial charge on any atom is 0.338 e. The summed E-state index contributed by atoms with van der Waals surface area (Å²) in [6.07, 6.45) is 3.43. The number of amides is 2. The zero-order chi connectivity index (χ0) is 20.4. The van der Waals surface area contributed by atoms with Gasteiger partial charge in [-0.2, -0.15) is 0 Å². The molecule has 1 aliphatic carbocycles. The van der Waals surface area contributed by atoms with Crippen LogP contribution in [0.2, 0.25) is 0 Å². The van der Waals surface area contributed by atoms with Crippen LogP contribution >= 0.6 is 0 Å².